The van der Waals surface area contributed by atoms with Crippen LogP contribution < -0.4 is 0 Å². The summed E-state index contributed by atoms with van der Waals surface area (Å²) in [7, 11) is 0. The maximum absolute atomic E-state index is 12.7. The van der Waals surface area contributed by atoms with Gasteiger partial charge in [-0.15, -0.1) is 0 Å². The van der Waals surface area contributed by atoms with E-state index in [1.54, 1.807) is 0 Å². The monoisotopic (exact) mass is 1190 g/mol. The summed E-state index contributed by atoms with van der Waals surface area (Å²) in [5.41, 5.74) is -1.55. The maximum atomic E-state index is 12.7. The molecule has 5 aliphatic carbocycles. The average molecular weight is 1190 g/mol. The number of hydrogen-bond acceptors (Lipinski definition) is 25. The van der Waals surface area contributed by atoms with Gasteiger partial charge in [-0.25, -0.2) is 0 Å². The highest BCUT2D eigenvalue weighted by Gasteiger charge is 2.80. The molecule has 0 amide bonds. The van der Waals surface area contributed by atoms with Crippen molar-refractivity contribution < 1.29 is 124 Å². The normalized spacial score (nSPS) is 57.6. The van der Waals surface area contributed by atoms with E-state index in [4.69, 9.17) is 52.1 Å². The van der Waals surface area contributed by atoms with Gasteiger partial charge in [0.05, 0.1) is 56.9 Å². The highest BCUT2D eigenvalue weighted by molar-refractivity contribution is 5.28. The van der Waals surface area contributed by atoms with Gasteiger partial charge in [0.25, 0.3) is 0 Å². The van der Waals surface area contributed by atoms with Gasteiger partial charge in [0.15, 0.2) is 31.5 Å². The second kappa shape index (κ2) is 22.7. The lowest BCUT2D eigenvalue weighted by Gasteiger charge is -2.75. The van der Waals surface area contributed by atoms with E-state index < -0.39 is 185 Å². The summed E-state index contributed by atoms with van der Waals surface area (Å²) in [4.78, 5) is 0. The van der Waals surface area contributed by atoms with Crippen molar-refractivity contribution in [3.63, 3.8) is 0 Å². The van der Waals surface area contributed by atoms with Gasteiger partial charge in [0.1, 0.15) is 104 Å². The molecule has 14 N–H and O–H groups in total. The number of ether oxygens (including phenoxy) is 11. The summed E-state index contributed by atoms with van der Waals surface area (Å²) in [6.07, 6.45) is -31.5. The van der Waals surface area contributed by atoms with Crippen LogP contribution in [0.25, 0.3) is 0 Å². The number of rotatable bonds is 12. The SMILES string of the molecule is C[C@@H]1O[C@@H](O[C@H]2[C@H](O)[C@@H](CO)O[C@@H](O[C@H]3CO[C@@H](O[C@H]4CC[C@]5(C)[C@H]6CC[C@]78OC[C@@]9(CCC(C)(C)C[C@H]97)[C@@H](O)C[C@@]8(C)[C@]6(C)CC[C@H]5C4(C)C)[C@H](O[C@@H]4O[C@H](CO)[C@@H](O)[C@H](O)[C@H]4O)[C@H]3O)[C@@H]2O[C@@H]2OC[C@@H](O)[C@H](O)[C@H]2O)[C@H](O)[C@H](O)[C@H]1O. The molecule has 33 atom stereocenters. The van der Waals surface area contributed by atoms with Crippen LogP contribution in [0.1, 0.15) is 120 Å². The second-order valence-electron chi connectivity index (χ2n) is 29.0. The fourth-order valence-corrected chi connectivity index (χ4v) is 18.8. The molecule has 25 heteroatoms. The van der Waals surface area contributed by atoms with Gasteiger partial charge in [-0.1, -0.05) is 48.5 Å². The van der Waals surface area contributed by atoms with Crippen molar-refractivity contribution in [1.29, 1.82) is 0 Å². The van der Waals surface area contributed by atoms with E-state index in [0.29, 0.717) is 19.4 Å². The van der Waals surface area contributed by atoms with Gasteiger partial charge in [-0.05, 0) is 111 Å². The Bertz CT molecular complexity index is 2270. The van der Waals surface area contributed by atoms with Crippen LogP contribution in [0, 0.1) is 50.2 Å². The smallest absolute Gasteiger partial charge is 0.187 e. The first-order valence-electron chi connectivity index (χ1n) is 30.4. The predicted molar refractivity (Wildman–Crippen MR) is 281 cm³/mol. The van der Waals surface area contributed by atoms with Gasteiger partial charge in [-0.2, -0.15) is 0 Å². The van der Waals surface area contributed by atoms with Crippen LogP contribution in [-0.2, 0) is 52.1 Å². The molecule has 2 bridgehead atoms. The van der Waals surface area contributed by atoms with Crippen molar-refractivity contribution in [3.8, 4) is 0 Å². The third-order valence-corrected chi connectivity index (χ3v) is 23.9. The molecule has 6 saturated heterocycles. The lowest BCUT2D eigenvalue weighted by Crippen LogP contribution is -2.74. The van der Waals surface area contributed by atoms with E-state index in [0.717, 1.165) is 51.4 Å². The molecule has 11 fully saturated rings. The van der Waals surface area contributed by atoms with E-state index >= 15 is 0 Å². The maximum Gasteiger partial charge on any atom is 0.187 e. The Morgan fingerprint density at radius 3 is 1.77 bits per heavy atom. The Morgan fingerprint density at radius 2 is 1.07 bits per heavy atom. The zero-order valence-electron chi connectivity index (χ0n) is 49.0. The third kappa shape index (κ3) is 9.99. The Labute approximate surface area is 484 Å². The minimum atomic E-state index is -1.93. The summed E-state index contributed by atoms with van der Waals surface area (Å²) in [6, 6.07) is 0. The van der Waals surface area contributed by atoms with Crippen molar-refractivity contribution in [3.05, 3.63) is 0 Å². The number of aliphatic hydroxyl groups is 14. The molecule has 11 aliphatic rings. The third-order valence-electron chi connectivity index (χ3n) is 23.9. The average Bonchev–Trinajstić information content (AvgIpc) is 2.00. The largest absolute Gasteiger partial charge is 0.394 e. The topological polar surface area (TPSA) is 385 Å². The molecule has 1 spiro atoms. The Balaban J connectivity index is 0.866. The van der Waals surface area contributed by atoms with Crippen LogP contribution in [0.4, 0.5) is 0 Å². The molecular formula is C58H96O25. The summed E-state index contributed by atoms with van der Waals surface area (Å²) in [6.45, 7) is 15.8. The molecule has 0 unspecified atom stereocenters. The quantitative estimate of drug-likeness (QED) is 0.0921. The molecule has 11 rings (SSSR count). The van der Waals surface area contributed by atoms with E-state index in [2.05, 4.69) is 48.5 Å². The van der Waals surface area contributed by atoms with Crippen LogP contribution in [0.2, 0.25) is 0 Å². The first-order chi connectivity index (χ1) is 38.9. The van der Waals surface area contributed by atoms with Crippen LogP contribution in [0.5, 0.6) is 0 Å². The van der Waals surface area contributed by atoms with Crippen LogP contribution >= 0.6 is 0 Å². The van der Waals surface area contributed by atoms with Crippen LogP contribution in [0.15, 0.2) is 0 Å². The molecule has 0 aromatic heterocycles. The summed E-state index contributed by atoms with van der Waals surface area (Å²) < 4.78 is 69.1. The fraction of sp³-hybridized carbons (Fsp3) is 1.00. The molecule has 478 valence electrons. The molecule has 0 aromatic rings. The molecular weight excluding hydrogens is 1100 g/mol. The standard InChI is InChI=1S/C58H96O25/c1-24-34(63)39(68)42(71)48(76-24)81-44-37(66)27(20-60)78-51(46(44)83-47-41(70)35(64)25(61)21-73-47)79-28-22-74-50(45(38(28)67)82-49-43(72)40(69)36(65)26(19-59)77-49)80-33-11-12-54(6)29(53(33,4)5)9-13-55(7)30(54)10-14-58-31-17-52(2,3)15-16-57(31,23-75-58)32(62)18-56(55,58)8/h24-51,59-72H,9-23H2,1-8H3/t24-,25+,26+,27+,28-,29-,30+,31+,32-,33-,34-,35-,36+,37+,38-,39+,40-,41+,42+,43+,44-,45+,46+,47-,48-,49-,50-,51-,54-,55+,56-,57+,58-/m0/s1. The first kappa shape index (κ1) is 63.6. The molecule has 25 nitrogen and oxygen atoms in total. The molecule has 5 saturated carbocycles. The van der Waals surface area contributed by atoms with Gasteiger partial charge in [0, 0.05) is 10.8 Å². The number of fused-ring (bicyclic) bond motifs is 4. The van der Waals surface area contributed by atoms with Gasteiger partial charge >= 0.3 is 0 Å². The van der Waals surface area contributed by atoms with Crippen molar-refractivity contribution in [2.45, 2.75) is 279 Å². The first-order valence-corrected chi connectivity index (χ1v) is 30.4. The summed E-state index contributed by atoms with van der Waals surface area (Å²) in [5.74, 6) is 0.690. The van der Waals surface area contributed by atoms with E-state index in [1.165, 1.54) is 6.92 Å². The van der Waals surface area contributed by atoms with E-state index in [1.807, 2.05) is 0 Å². The van der Waals surface area contributed by atoms with Crippen molar-refractivity contribution in [1.82, 2.24) is 0 Å². The fourth-order valence-electron chi connectivity index (χ4n) is 18.8. The molecule has 6 heterocycles. The summed E-state index contributed by atoms with van der Waals surface area (Å²) in [5, 5.41) is 155. The predicted octanol–water partition coefficient (Wildman–Crippen LogP) is -2.22. The highest BCUT2D eigenvalue weighted by atomic mass is 16.8. The molecule has 0 radical (unpaired) electrons. The minimum absolute atomic E-state index is 0.127. The van der Waals surface area contributed by atoms with Crippen molar-refractivity contribution in [2.75, 3.05) is 33.0 Å². The highest BCUT2D eigenvalue weighted by Crippen LogP contribution is 2.80. The molecule has 0 aromatic carbocycles. The van der Waals surface area contributed by atoms with Gasteiger partial charge in [-0.3, -0.25) is 0 Å². The van der Waals surface area contributed by atoms with Crippen molar-refractivity contribution >= 4 is 0 Å². The van der Waals surface area contributed by atoms with Crippen molar-refractivity contribution in [2.24, 2.45) is 50.2 Å². The van der Waals surface area contributed by atoms with Gasteiger partial charge in [0.2, 0.25) is 0 Å². The number of hydrogen-bond donors (Lipinski definition) is 14. The molecule has 83 heavy (non-hydrogen) atoms. The second-order valence-corrected chi connectivity index (χ2v) is 29.0. The zero-order valence-corrected chi connectivity index (χ0v) is 49.0. The van der Waals surface area contributed by atoms with Crippen LogP contribution in [-0.4, -0.2) is 264 Å². The molecule has 6 aliphatic heterocycles. The Morgan fingerprint density at radius 1 is 0.470 bits per heavy atom. The van der Waals surface area contributed by atoms with E-state index in [-0.39, 0.29) is 50.4 Å². The Kier molecular flexibility index (Phi) is 17.4. The zero-order chi connectivity index (χ0) is 60.1. The minimum Gasteiger partial charge on any atom is -0.394 e. The van der Waals surface area contributed by atoms with E-state index in [9.17, 15) is 71.5 Å². The summed E-state index contributed by atoms with van der Waals surface area (Å²) >= 11 is 0. The number of aliphatic hydroxyl groups excluding tert-OH is 14. The Hall–Kier alpha value is -1.00. The van der Waals surface area contributed by atoms with Crippen LogP contribution in [0.3, 0.4) is 0 Å². The van der Waals surface area contributed by atoms with Gasteiger partial charge < -0.3 is 124 Å². The lowest BCUT2D eigenvalue weighted by molar-refractivity contribution is -0.404. The lowest BCUT2D eigenvalue weighted by atomic mass is 9.30.